The van der Waals surface area contributed by atoms with Crippen molar-refractivity contribution in [2.75, 3.05) is 45.3 Å². The van der Waals surface area contributed by atoms with Gasteiger partial charge in [0.25, 0.3) is 5.91 Å². The Morgan fingerprint density at radius 1 is 1.19 bits per heavy atom. The Hall–Kier alpha value is -3.04. The molecule has 1 aliphatic heterocycles. The molecule has 0 radical (unpaired) electrons. The number of H-pyrrole nitrogens is 1. The second-order valence-electron chi connectivity index (χ2n) is 7.65. The van der Waals surface area contributed by atoms with Crippen molar-refractivity contribution in [1.29, 1.82) is 0 Å². The highest BCUT2D eigenvalue weighted by Gasteiger charge is 2.35. The molecule has 1 aliphatic rings. The number of ether oxygens (including phenoxy) is 2. The van der Waals surface area contributed by atoms with Gasteiger partial charge in [-0.25, -0.2) is 0 Å². The number of benzene rings is 2. The molecule has 0 saturated carbocycles. The summed E-state index contributed by atoms with van der Waals surface area (Å²) in [4.78, 5) is 18.2. The van der Waals surface area contributed by atoms with Crippen LogP contribution in [-0.4, -0.2) is 55.7 Å². The summed E-state index contributed by atoms with van der Waals surface area (Å²) in [6.07, 6.45) is -1.83. The van der Waals surface area contributed by atoms with Crippen molar-refractivity contribution in [2.45, 2.75) is 12.6 Å². The van der Waals surface area contributed by atoms with Gasteiger partial charge in [0.2, 0.25) is 0 Å². The lowest BCUT2D eigenvalue weighted by Gasteiger charge is -2.26. The molecular weight excluding hydrogens is 423 g/mol. The lowest BCUT2D eigenvalue weighted by Crippen LogP contribution is -2.37. The predicted molar refractivity (Wildman–Crippen MR) is 115 cm³/mol. The first-order chi connectivity index (χ1) is 15.3. The standard InChI is InChI=1S/C23H24F3N3O3/c1-31-21-5-2-15(12-19(21)23(24,25)26)22(30)28-17-3-4-20-18(13-17)16(14-27-20)6-7-29-8-10-32-11-9-29/h2-5,12-14,27H,6-11H2,1H3,(H,28,30). The number of hydrogen-bond donors (Lipinski definition) is 2. The zero-order valence-corrected chi connectivity index (χ0v) is 17.6. The van der Waals surface area contributed by atoms with E-state index in [2.05, 4.69) is 15.2 Å². The van der Waals surface area contributed by atoms with Gasteiger partial charge in [0, 0.05) is 48.0 Å². The highest BCUT2D eigenvalue weighted by atomic mass is 19.4. The zero-order valence-electron chi connectivity index (χ0n) is 17.6. The number of amides is 1. The zero-order chi connectivity index (χ0) is 22.7. The van der Waals surface area contributed by atoms with Crippen LogP contribution in [-0.2, 0) is 17.3 Å². The highest BCUT2D eigenvalue weighted by Crippen LogP contribution is 2.36. The number of morpholine rings is 1. The maximum Gasteiger partial charge on any atom is 0.419 e. The molecule has 1 amide bonds. The van der Waals surface area contributed by atoms with Crippen LogP contribution in [0.1, 0.15) is 21.5 Å². The summed E-state index contributed by atoms with van der Waals surface area (Å²) in [7, 11) is 1.16. The molecule has 1 fully saturated rings. The number of rotatable bonds is 6. The van der Waals surface area contributed by atoms with Crippen molar-refractivity contribution >= 4 is 22.5 Å². The summed E-state index contributed by atoms with van der Waals surface area (Å²) in [6.45, 7) is 4.20. The van der Waals surface area contributed by atoms with Gasteiger partial charge in [-0.2, -0.15) is 13.2 Å². The number of fused-ring (bicyclic) bond motifs is 1. The molecule has 2 N–H and O–H groups in total. The van der Waals surface area contributed by atoms with Crippen molar-refractivity contribution in [3.05, 3.63) is 59.3 Å². The molecule has 4 rings (SSSR count). The van der Waals surface area contributed by atoms with Gasteiger partial charge in [-0.1, -0.05) is 0 Å². The third kappa shape index (κ3) is 4.89. The predicted octanol–water partition coefficient (Wildman–Crippen LogP) is 4.32. The molecule has 0 bridgehead atoms. The molecule has 170 valence electrons. The van der Waals surface area contributed by atoms with Crippen LogP contribution >= 0.6 is 0 Å². The number of aromatic nitrogens is 1. The smallest absolute Gasteiger partial charge is 0.419 e. The number of hydrogen-bond acceptors (Lipinski definition) is 4. The molecule has 0 spiro atoms. The second kappa shape index (κ2) is 9.22. The van der Waals surface area contributed by atoms with Crippen molar-refractivity contribution in [1.82, 2.24) is 9.88 Å². The van der Waals surface area contributed by atoms with Crippen LogP contribution in [0.25, 0.3) is 10.9 Å². The molecule has 6 nitrogen and oxygen atoms in total. The fraction of sp³-hybridized carbons (Fsp3) is 0.348. The Kier molecular flexibility index (Phi) is 6.38. The average molecular weight is 447 g/mol. The molecule has 0 aliphatic carbocycles. The summed E-state index contributed by atoms with van der Waals surface area (Å²) < 4.78 is 50.0. The van der Waals surface area contributed by atoms with E-state index in [1.54, 1.807) is 6.07 Å². The Morgan fingerprint density at radius 3 is 2.69 bits per heavy atom. The van der Waals surface area contributed by atoms with E-state index in [9.17, 15) is 18.0 Å². The first kappa shape index (κ1) is 22.2. The molecule has 3 aromatic rings. The monoisotopic (exact) mass is 447 g/mol. The summed E-state index contributed by atoms with van der Waals surface area (Å²) in [5, 5.41) is 3.67. The van der Waals surface area contributed by atoms with Gasteiger partial charge < -0.3 is 19.8 Å². The fourth-order valence-corrected chi connectivity index (χ4v) is 3.84. The average Bonchev–Trinajstić information content (AvgIpc) is 3.19. The molecule has 2 aromatic carbocycles. The highest BCUT2D eigenvalue weighted by molar-refractivity contribution is 6.05. The number of methoxy groups -OCH3 is 1. The molecule has 0 atom stereocenters. The van der Waals surface area contributed by atoms with E-state index in [-0.39, 0.29) is 11.3 Å². The Balaban J connectivity index is 1.51. The van der Waals surface area contributed by atoms with E-state index in [1.807, 2.05) is 18.3 Å². The van der Waals surface area contributed by atoms with E-state index >= 15 is 0 Å². The van der Waals surface area contributed by atoms with E-state index in [0.29, 0.717) is 5.69 Å². The number of aromatic amines is 1. The maximum absolute atomic E-state index is 13.3. The number of alkyl halides is 3. The molecule has 0 unspecified atom stereocenters. The number of anilines is 1. The van der Waals surface area contributed by atoms with Gasteiger partial charge in [-0.05, 0) is 48.4 Å². The molecular formula is C23H24F3N3O3. The number of carbonyl (C=O) groups is 1. The van der Waals surface area contributed by atoms with Crippen LogP contribution in [0.4, 0.5) is 18.9 Å². The van der Waals surface area contributed by atoms with E-state index in [1.165, 1.54) is 6.07 Å². The van der Waals surface area contributed by atoms with Crippen molar-refractivity contribution in [2.24, 2.45) is 0 Å². The lowest BCUT2D eigenvalue weighted by molar-refractivity contribution is -0.138. The summed E-state index contributed by atoms with van der Waals surface area (Å²) >= 11 is 0. The van der Waals surface area contributed by atoms with Crippen LogP contribution in [0.5, 0.6) is 5.75 Å². The van der Waals surface area contributed by atoms with E-state index < -0.39 is 17.6 Å². The molecule has 1 aromatic heterocycles. The lowest BCUT2D eigenvalue weighted by atomic mass is 10.1. The van der Waals surface area contributed by atoms with Crippen LogP contribution in [0.3, 0.4) is 0 Å². The second-order valence-corrected chi connectivity index (χ2v) is 7.65. The van der Waals surface area contributed by atoms with E-state index in [0.717, 1.165) is 75.0 Å². The molecule has 32 heavy (non-hydrogen) atoms. The number of carbonyl (C=O) groups excluding carboxylic acids is 1. The topological polar surface area (TPSA) is 66.6 Å². The summed E-state index contributed by atoms with van der Waals surface area (Å²) in [5.74, 6) is -0.949. The van der Waals surface area contributed by atoms with Gasteiger partial charge >= 0.3 is 6.18 Å². The third-order valence-corrected chi connectivity index (χ3v) is 5.59. The van der Waals surface area contributed by atoms with Crippen molar-refractivity contribution in [3.8, 4) is 5.75 Å². The van der Waals surface area contributed by atoms with Crippen LogP contribution < -0.4 is 10.1 Å². The molecule has 9 heteroatoms. The quantitative estimate of drug-likeness (QED) is 0.591. The minimum atomic E-state index is -4.62. The third-order valence-electron chi connectivity index (χ3n) is 5.59. The van der Waals surface area contributed by atoms with Crippen LogP contribution in [0, 0.1) is 0 Å². The number of halogens is 3. The van der Waals surface area contributed by atoms with Crippen molar-refractivity contribution in [3.63, 3.8) is 0 Å². The molecule has 2 heterocycles. The Labute approximate surface area is 183 Å². The first-order valence-electron chi connectivity index (χ1n) is 10.3. The summed E-state index contributed by atoms with van der Waals surface area (Å²) in [5.41, 5.74) is 1.48. The van der Waals surface area contributed by atoms with Crippen molar-refractivity contribution < 1.29 is 27.4 Å². The van der Waals surface area contributed by atoms with Gasteiger partial charge in [0.15, 0.2) is 0 Å². The van der Waals surface area contributed by atoms with Gasteiger partial charge in [-0.3, -0.25) is 9.69 Å². The fourth-order valence-electron chi connectivity index (χ4n) is 3.84. The normalized spacial score (nSPS) is 15.1. The minimum Gasteiger partial charge on any atom is -0.496 e. The minimum absolute atomic E-state index is 0.0974. The Bertz CT molecular complexity index is 1100. The largest absolute Gasteiger partial charge is 0.496 e. The SMILES string of the molecule is COc1ccc(C(=O)Nc2ccc3[nH]cc(CCN4CCOCC4)c3c2)cc1C(F)(F)F. The van der Waals surface area contributed by atoms with Gasteiger partial charge in [0.05, 0.1) is 25.9 Å². The van der Waals surface area contributed by atoms with Gasteiger partial charge in [0.1, 0.15) is 5.75 Å². The maximum atomic E-state index is 13.3. The van der Waals surface area contributed by atoms with E-state index in [4.69, 9.17) is 9.47 Å². The Morgan fingerprint density at radius 2 is 1.97 bits per heavy atom. The van der Waals surface area contributed by atoms with Crippen LogP contribution in [0.15, 0.2) is 42.6 Å². The summed E-state index contributed by atoms with van der Waals surface area (Å²) in [6, 6.07) is 8.67. The number of nitrogens with zero attached hydrogens (tertiary/aromatic N) is 1. The van der Waals surface area contributed by atoms with Gasteiger partial charge in [-0.15, -0.1) is 0 Å². The van der Waals surface area contributed by atoms with Crippen LogP contribution in [0.2, 0.25) is 0 Å². The first-order valence-corrected chi connectivity index (χ1v) is 10.3. The number of nitrogens with one attached hydrogen (secondary N) is 2. The molecule has 1 saturated heterocycles.